The quantitative estimate of drug-likeness (QED) is 0.535. The van der Waals surface area contributed by atoms with Crippen LogP contribution in [0.15, 0.2) is 12.1 Å². The van der Waals surface area contributed by atoms with Crippen LogP contribution in [0.3, 0.4) is 0 Å². The Morgan fingerprint density at radius 3 is 1.67 bits per heavy atom. The fourth-order valence-electron chi connectivity index (χ4n) is 1.56. The van der Waals surface area contributed by atoms with E-state index >= 15 is 0 Å². The third kappa shape index (κ3) is 1.61. The average molecular weight is 293 g/mol. The molecule has 0 N–H and O–H groups in total. The van der Waals surface area contributed by atoms with Crippen molar-refractivity contribution >= 4 is 76.0 Å². The highest BCUT2D eigenvalue weighted by Crippen LogP contribution is 2.44. The second-order valence-corrected chi connectivity index (χ2v) is 7.07. The lowest BCUT2D eigenvalue weighted by Gasteiger charge is -1.81. The van der Waals surface area contributed by atoms with Gasteiger partial charge in [0.2, 0.25) is 0 Å². The minimum Gasteiger partial charge on any atom is -0.137 e. The smallest absolute Gasteiger partial charge is 0.0632 e. The van der Waals surface area contributed by atoms with Gasteiger partial charge in [0.25, 0.3) is 0 Å². The van der Waals surface area contributed by atoms with E-state index in [-0.39, 0.29) is 0 Å². The van der Waals surface area contributed by atoms with Crippen molar-refractivity contribution in [2.75, 3.05) is 0 Å². The van der Waals surface area contributed by atoms with E-state index < -0.39 is 0 Å². The molecule has 0 amide bonds. The molecule has 0 saturated carbocycles. The molecule has 15 heavy (non-hydrogen) atoms. The van der Waals surface area contributed by atoms with E-state index in [1.807, 2.05) is 11.3 Å². The minimum atomic E-state index is 0.612. The molecule has 78 valence electrons. The maximum atomic E-state index is 5.84. The summed E-state index contributed by atoms with van der Waals surface area (Å²) in [6.07, 6.45) is 0. The van der Waals surface area contributed by atoms with Crippen LogP contribution in [0.25, 0.3) is 18.8 Å². The zero-order chi connectivity index (χ0) is 10.4. The average Bonchev–Trinajstić information content (AvgIpc) is 2.85. The van der Waals surface area contributed by atoms with E-state index in [0.717, 1.165) is 0 Å². The summed E-state index contributed by atoms with van der Waals surface area (Å²) in [4.78, 5) is 2.50. The number of hydrogen-bond donors (Lipinski definition) is 0. The molecular formula is C10H6Cl2S3. The van der Waals surface area contributed by atoms with Gasteiger partial charge < -0.3 is 0 Å². The molecule has 0 fully saturated rings. The van der Waals surface area contributed by atoms with Crippen LogP contribution >= 0.6 is 57.2 Å². The fraction of sp³-hybridized carbons (Fsp3) is 0.200. The first kappa shape index (κ1) is 10.4. The summed E-state index contributed by atoms with van der Waals surface area (Å²) in [5.41, 5.74) is 0. The fourth-order valence-corrected chi connectivity index (χ4v) is 5.81. The summed E-state index contributed by atoms with van der Waals surface area (Å²) < 4.78 is 5.48. The van der Waals surface area contributed by atoms with Gasteiger partial charge in [-0.1, -0.05) is 0 Å². The molecule has 0 aliphatic heterocycles. The molecule has 0 nitrogen and oxygen atoms in total. The largest absolute Gasteiger partial charge is 0.137 e. The predicted molar refractivity (Wildman–Crippen MR) is 74.2 cm³/mol. The molecule has 5 heteroatoms. The topological polar surface area (TPSA) is 0 Å². The Morgan fingerprint density at radius 2 is 1.27 bits per heavy atom. The number of halogens is 2. The molecule has 0 saturated heterocycles. The van der Waals surface area contributed by atoms with Gasteiger partial charge in [0, 0.05) is 19.2 Å². The monoisotopic (exact) mass is 292 g/mol. The second kappa shape index (κ2) is 3.90. The van der Waals surface area contributed by atoms with Crippen molar-refractivity contribution in [3.05, 3.63) is 21.9 Å². The molecule has 0 aliphatic carbocycles. The van der Waals surface area contributed by atoms with Crippen molar-refractivity contribution in [3.63, 3.8) is 0 Å². The van der Waals surface area contributed by atoms with Crippen LogP contribution in [0, 0.1) is 0 Å². The molecule has 0 spiro atoms. The highest BCUT2D eigenvalue weighted by molar-refractivity contribution is 7.38. The van der Waals surface area contributed by atoms with E-state index in [9.17, 15) is 0 Å². The van der Waals surface area contributed by atoms with Crippen LogP contribution in [0.2, 0.25) is 0 Å². The molecule has 3 heterocycles. The Morgan fingerprint density at radius 1 is 0.800 bits per heavy atom. The van der Waals surface area contributed by atoms with E-state index in [1.54, 1.807) is 22.7 Å². The molecule has 3 aromatic rings. The van der Waals surface area contributed by atoms with Gasteiger partial charge >= 0.3 is 0 Å². The lowest BCUT2D eigenvalue weighted by molar-refractivity contribution is 1.54. The van der Waals surface area contributed by atoms with Crippen molar-refractivity contribution in [2.45, 2.75) is 11.8 Å². The second-order valence-electron chi connectivity index (χ2n) is 3.18. The highest BCUT2D eigenvalue weighted by Gasteiger charge is 2.12. The van der Waals surface area contributed by atoms with Gasteiger partial charge in [-0.25, -0.2) is 0 Å². The third-order valence-electron chi connectivity index (χ3n) is 2.19. The third-order valence-corrected chi connectivity index (χ3v) is 6.86. The van der Waals surface area contributed by atoms with Crippen LogP contribution in [0.4, 0.5) is 0 Å². The molecule has 3 rings (SSSR count). The summed E-state index contributed by atoms with van der Waals surface area (Å²) in [5.74, 6) is 1.22. The van der Waals surface area contributed by atoms with E-state index in [4.69, 9.17) is 23.2 Å². The summed E-state index contributed by atoms with van der Waals surface area (Å²) in [6.45, 7) is 0. The Labute approximate surface area is 109 Å². The van der Waals surface area contributed by atoms with Crippen molar-refractivity contribution in [3.8, 4) is 0 Å². The molecule has 0 radical (unpaired) electrons. The summed E-state index contributed by atoms with van der Waals surface area (Å²) in [7, 11) is 0. The van der Waals surface area contributed by atoms with Gasteiger partial charge in [-0.05, 0) is 12.1 Å². The first-order valence-corrected chi connectivity index (χ1v) is 7.89. The Balaban J connectivity index is 2.32. The van der Waals surface area contributed by atoms with Crippen molar-refractivity contribution < 1.29 is 0 Å². The van der Waals surface area contributed by atoms with Crippen LogP contribution in [-0.4, -0.2) is 0 Å². The zero-order valence-electron chi connectivity index (χ0n) is 7.55. The standard InChI is InChI=1S/C10H6Cl2S3/c11-3-5-1-7-9(13-5)10-8(15-7)2-6(4-12)14-10/h1-2H,3-4H2. The Hall–Kier alpha value is 0.200. The Bertz CT molecular complexity index is 564. The molecule has 3 aromatic heterocycles. The normalized spacial score (nSPS) is 11.9. The first-order valence-electron chi connectivity index (χ1n) is 4.37. The zero-order valence-corrected chi connectivity index (χ0v) is 11.5. The van der Waals surface area contributed by atoms with Gasteiger partial charge in [0.15, 0.2) is 0 Å². The lowest BCUT2D eigenvalue weighted by Crippen LogP contribution is -1.60. The number of hydrogen-bond acceptors (Lipinski definition) is 3. The van der Waals surface area contributed by atoms with Crippen LogP contribution < -0.4 is 0 Å². The number of thiophene rings is 3. The maximum Gasteiger partial charge on any atom is 0.0632 e. The van der Waals surface area contributed by atoms with Crippen LogP contribution in [-0.2, 0) is 11.8 Å². The molecule has 0 unspecified atom stereocenters. The molecule has 0 aliphatic rings. The Kier molecular flexibility index (Phi) is 2.69. The predicted octanol–water partition coefficient (Wildman–Crippen LogP) is 5.66. The van der Waals surface area contributed by atoms with Gasteiger partial charge in [-0.2, -0.15) is 0 Å². The number of alkyl halides is 2. The first-order chi connectivity index (χ1) is 7.31. The maximum absolute atomic E-state index is 5.84. The number of rotatable bonds is 2. The summed E-state index contributed by atoms with van der Waals surface area (Å²) in [5, 5.41) is 0. The van der Waals surface area contributed by atoms with E-state index in [1.165, 1.54) is 28.6 Å². The van der Waals surface area contributed by atoms with Crippen molar-refractivity contribution in [1.82, 2.24) is 0 Å². The number of fused-ring (bicyclic) bond motifs is 3. The minimum absolute atomic E-state index is 0.612. The van der Waals surface area contributed by atoms with Gasteiger partial charge in [0.05, 0.1) is 21.2 Å². The van der Waals surface area contributed by atoms with E-state index in [2.05, 4.69) is 12.1 Å². The van der Waals surface area contributed by atoms with Gasteiger partial charge in [0.1, 0.15) is 0 Å². The van der Waals surface area contributed by atoms with Crippen LogP contribution in [0.1, 0.15) is 9.75 Å². The highest BCUT2D eigenvalue weighted by atomic mass is 35.5. The summed E-state index contributed by atoms with van der Waals surface area (Å²) in [6, 6.07) is 4.40. The molecule has 0 aromatic carbocycles. The molecule has 0 atom stereocenters. The van der Waals surface area contributed by atoms with Crippen LogP contribution in [0.5, 0.6) is 0 Å². The lowest BCUT2D eigenvalue weighted by atomic mass is 10.4. The SMILES string of the molecule is ClCc1cc2sc3cc(CCl)sc3c2s1. The van der Waals surface area contributed by atoms with Crippen molar-refractivity contribution in [1.29, 1.82) is 0 Å². The van der Waals surface area contributed by atoms with Crippen molar-refractivity contribution in [2.24, 2.45) is 0 Å². The van der Waals surface area contributed by atoms with Gasteiger partial charge in [-0.15, -0.1) is 57.2 Å². The van der Waals surface area contributed by atoms with Gasteiger partial charge in [-0.3, -0.25) is 0 Å². The molecule has 0 bridgehead atoms. The van der Waals surface area contributed by atoms with E-state index in [0.29, 0.717) is 11.8 Å². The summed E-state index contributed by atoms with van der Waals surface area (Å²) >= 11 is 17.1. The molecular weight excluding hydrogens is 287 g/mol.